The van der Waals surface area contributed by atoms with Crippen LogP contribution < -0.4 is 5.32 Å². The van der Waals surface area contributed by atoms with Crippen molar-refractivity contribution in [1.29, 1.82) is 0 Å². The first-order chi connectivity index (χ1) is 16.0. The topological polar surface area (TPSA) is 75.6 Å². The molecular formula is C29H37NO4. The third kappa shape index (κ3) is 4.13. The number of anilines is 1. The zero-order valence-electron chi connectivity index (χ0n) is 20.8. The molecule has 0 spiro atoms. The molecule has 5 atom stereocenters. The number of hydrogen-bond donors (Lipinski definition) is 2. The minimum Gasteiger partial charge on any atom is -0.444 e. The van der Waals surface area contributed by atoms with Crippen LogP contribution >= 0.6 is 0 Å². The van der Waals surface area contributed by atoms with Gasteiger partial charge < -0.3 is 9.84 Å². The molecule has 0 saturated heterocycles. The summed E-state index contributed by atoms with van der Waals surface area (Å²) in [5.74, 6) is 1.46. The molecule has 5 rings (SSSR count). The predicted octanol–water partition coefficient (Wildman–Crippen LogP) is 6.29. The van der Waals surface area contributed by atoms with E-state index in [0.29, 0.717) is 23.9 Å². The number of carbonyl (C=O) groups excluding carboxylic acids is 2. The number of benzene rings is 1. The lowest BCUT2D eigenvalue weighted by molar-refractivity contribution is -0.114. The van der Waals surface area contributed by atoms with Gasteiger partial charge in [-0.3, -0.25) is 10.1 Å². The van der Waals surface area contributed by atoms with Crippen LogP contribution in [0.4, 0.5) is 10.5 Å². The van der Waals surface area contributed by atoms with Crippen LogP contribution in [0.3, 0.4) is 0 Å². The van der Waals surface area contributed by atoms with Crippen LogP contribution in [0.2, 0.25) is 0 Å². The molecule has 0 heterocycles. The predicted molar refractivity (Wildman–Crippen MR) is 133 cm³/mol. The largest absolute Gasteiger partial charge is 0.444 e. The second-order valence-electron chi connectivity index (χ2n) is 11.9. The fourth-order valence-electron chi connectivity index (χ4n) is 7.15. The van der Waals surface area contributed by atoms with Crippen molar-refractivity contribution in [2.75, 3.05) is 5.32 Å². The van der Waals surface area contributed by atoms with Crippen molar-refractivity contribution in [3.8, 4) is 0 Å². The molecule has 0 aromatic heterocycles. The molecule has 0 bridgehead atoms. The zero-order valence-corrected chi connectivity index (χ0v) is 20.8. The molecule has 4 aliphatic carbocycles. The summed E-state index contributed by atoms with van der Waals surface area (Å²) in [6.45, 7) is 7.83. The van der Waals surface area contributed by atoms with Gasteiger partial charge in [-0.1, -0.05) is 24.6 Å². The summed E-state index contributed by atoms with van der Waals surface area (Å²) < 4.78 is 5.38. The monoisotopic (exact) mass is 463 g/mol. The zero-order chi connectivity index (χ0) is 24.3. The van der Waals surface area contributed by atoms with E-state index in [4.69, 9.17) is 4.74 Å². The number of ketones is 1. The highest BCUT2D eigenvalue weighted by Crippen LogP contribution is 2.63. The van der Waals surface area contributed by atoms with Gasteiger partial charge in [0.15, 0.2) is 5.78 Å². The number of aliphatic hydroxyl groups excluding tert-OH is 1. The minimum atomic E-state index is -0.545. The Morgan fingerprint density at radius 3 is 2.53 bits per heavy atom. The molecule has 1 aromatic rings. The Labute approximate surface area is 202 Å². The van der Waals surface area contributed by atoms with Gasteiger partial charge >= 0.3 is 6.09 Å². The highest BCUT2D eigenvalue weighted by atomic mass is 16.6. The Bertz CT molecular complexity index is 1060. The highest BCUT2D eigenvalue weighted by Gasteiger charge is 2.56. The average molecular weight is 464 g/mol. The van der Waals surface area contributed by atoms with Crippen molar-refractivity contribution in [3.63, 3.8) is 0 Å². The molecule has 2 saturated carbocycles. The standard InChI is InChI=1S/C29H37NO4/c1-28(2,3)34-27(33)30-19-8-5-17(6-9-19)23-16-29(4)24(13-14-25(29)32)22-11-7-18-15-20(31)10-12-21(18)26(22)23/h5-6,8-9,15,22-25,32H,7,10-14,16H2,1-4H3,(H,30,33)/t22-,23+,24-,25?,29-/m0/s1. The summed E-state index contributed by atoms with van der Waals surface area (Å²) in [7, 11) is 0. The first-order valence-electron chi connectivity index (χ1n) is 12.8. The molecule has 2 N–H and O–H groups in total. The van der Waals surface area contributed by atoms with Crippen molar-refractivity contribution < 1.29 is 19.4 Å². The maximum atomic E-state index is 12.2. The van der Waals surface area contributed by atoms with E-state index in [-0.39, 0.29) is 23.2 Å². The van der Waals surface area contributed by atoms with E-state index in [1.54, 1.807) is 0 Å². The third-order valence-electron chi connectivity index (χ3n) is 8.64. The molecule has 0 aliphatic heterocycles. The van der Waals surface area contributed by atoms with Crippen LogP contribution in [0.5, 0.6) is 0 Å². The minimum absolute atomic E-state index is 0.0848. The first kappa shape index (κ1) is 23.3. The Morgan fingerprint density at radius 1 is 1.09 bits per heavy atom. The van der Waals surface area contributed by atoms with Crippen molar-refractivity contribution in [1.82, 2.24) is 0 Å². The summed E-state index contributed by atoms with van der Waals surface area (Å²) >= 11 is 0. The van der Waals surface area contributed by atoms with Crippen LogP contribution in [-0.4, -0.2) is 28.7 Å². The lowest BCUT2D eigenvalue weighted by Gasteiger charge is -2.52. The van der Waals surface area contributed by atoms with E-state index in [2.05, 4.69) is 24.4 Å². The summed E-state index contributed by atoms with van der Waals surface area (Å²) in [6, 6.07) is 8.11. The van der Waals surface area contributed by atoms with E-state index in [0.717, 1.165) is 38.5 Å². The Hall–Kier alpha value is -2.40. The van der Waals surface area contributed by atoms with Gasteiger partial charge in [0, 0.05) is 18.0 Å². The lowest BCUT2D eigenvalue weighted by Crippen LogP contribution is -2.45. The molecule has 0 radical (unpaired) electrons. The smallest absolute Gasteiger partial charge is 0.412 e. The lowest BCUT2D eigenvalue weighted by atomic mass is 9.53. The van der Waals surface area contributed by atoms with Crippen LogP contribution in [0, 0.1) is 17.3 Å². The molecule has 4 aliphatic rings. The molecule has 1 aromatic carbocycles. The Kier molecular flexibility index (Phi) is 5.75. The van der Waals surface area contributed by atoms with Gasteiger partial charge in [-0.2, -0.15) is 0 Å². The number of carbonyl (C=O) groups is 2. The van der Waals surface area contributed by atoms with Crippen molar-refractivity contribution >= 4 is 17.6 Å². The average Bonchev–Trinajstić information content (AvgIpc) is 3.06. The summed E-state index contributed by atoms with van der Waals surface area (Å²) in [5, 5.41) is 13.8. The highest BCUT2D eigenvalue weighted by molar-refractivity contribution is 5.93. The maximum Gasteiger partial charge on any atom is 0.412 e. The second-order valence-corrected chi connectivity index (χ2v) is 11.9. The van der Waals surface area contributed by atoms with Gasteiger partial charge in [0.25, 0.3) is 0 Å². The van der Waals surface area contributed by atoms with E-state index < -0.39 is 11.7 Å². The van der Waals surface area contributed by atoms with Crippen molar-refractivity contribution in [2.24, 2.45) is 17.3 Å². The number of aliphatic hydroxyl groups is 1. The number of ether oxygens (including phenoxy) is 1. The summed E-state index contributed by atoms with van der Waals surface area (Å²) in [4.78, 5) is 24.3. The van der Waals surface area contributed by atoms with Crippen LogP contribution in [0.1, 0.15) is 84.1 Å². The third-order valence-corrected chi connectivity index (χ3v) is 8.64. The van der Waals surface area contributed by atoms with Crippen LogP contribution in [-0.2, 0) is 9.53 Å². The summed E-state index contributed by atoms with van der Waals surface area (Å²) in [6.07, 6.45) is 7.56. The van der Waals surface area contributed by atoms with E-state index in [1.165, 1.54) is 22.3 Å². The Balaban J connectivity index is 1.49. The number of amides is 1. The molecule has 182 valence electrons. The fraction of sp³-hybridized carbons (Fsp3) is 0.586. The van der Waals surface area contributed by atoms with E-state index >= 15 is 0 Å². The van der Waals surface area contributed by atoms with Gasteiger partial charge in [0.2, 0.25) is 0 Å². The number of hydrogen-bond acceptors (Lipinski definition) is 4. The number of rotatable bonds is 2. The van der Waals surface area contributed by atoms with Crippen molar-refractivity contribution in [3.05, 3.63) is 52.6 Å². The number of nitrogens with one attached hydrogen (secondary N) is 1. The number of allylic oxidation sites excluding steroid dienone is 4. The van der Waals surface area contributed by atoms with Crippen LogP contribution in [0.25, 0.3) is 0 Å². The van der Waals surface area contributed by atoms with Gasteiger partial charge in [0.1, 0.15) is 5.60 Å². The number of fused-ring (bicyclic) bond motifs is 4. The maximum absolute atomic E-state index is 12.2. The molecule has 34 heavy (non-hydrogen) atoms. The normalized spacial score (nSPS) is 33.0. The Morgan fingerprint density at radius 2 is 1.82 bits per heavy atom. The fourth-order valence-corrected chi connectivity index (χ4v) is 7.15. The SMILES string of the molecule is CC(C)(C)OC(=O)Nc1ccc([C@H]2C[C@]3(C)C(O)CC[C@H]3[C@@H]3CCC4=CC(=O)CCC4=C32)cc1. The quantitative estimate of drug-likeness (QED) is 0.540. The van der Waals surface area contributed by atoms with E-state index in [9.17, 15) is 14.7 Å². The molecule has 5 heteroatoms. The van der Waals surface area contributed by atoms with E-state index in [1.807, 2.05) is 39.0 Å². The molecular weight excluding hydrogens is 426 g/mol. The summed E-state index contributed by atoms with van der Waals surface area (Å²) in [5.41, 5.74) is 5.49. The molecule has 5 nitrogen and oxygen atoms in total. The van der Waals surface area contributed by atoms with Gasteiger partial charge in [-0.15, -0.1) is 0 Å². The molecule has 1 unspecified atom stereocenters. The van der Waals surface area contributed by atoms with Crippen LogP contribution in [0.15, 0.2) is 47.1 Å². The van der Waals surface area contributed by atoms with Gasteiger partial charge in [-0.05, 0) is 111 Å². The van der Waals surface area contributed by atoms with Gasteiger partial charge in [-0.25, -0.2) is 4.79 Å². The second kappa shape index (κ2) is 8.37. The molecule has 2 fully saturated rings. The molecule has 1 amide bonds. The first-order valence-corrected chi connectivity index (χ1v) is 12.8. The van der Waals surface area contributed by atoms with Crippen molar-refractivity contribution in [2.45, 2.75) is 90.3 Å². The van der Waals surface area contributed by atoms with Gasteiger partial charge in [0.05, 0.1) is 6.10 Å².